The molecule has 6 nitrogen and oxygen atoms in total. The molecular formula is C13H16N4O2S. The first-order chi connectivity index (χ1) is 9.55. The van der Waals surface area contributed by atoms with Crippen LogP contribution in [0, 0.1) is 0 Å². The summed E-state index contributed by atoms with van der Waals surface area (Å²) in [5.41, 5.74) is 7.65. The first-order valence-corrected chi connectivity index (χ1v) is 7.65. The lowest BCUT2D eigenvalue weighted by molar-refractivity contribution is -0.145. The molecule has 0 aliphatic carbocycles. The van der Waals surface area contributed by atoms with Crippen LogP contribution in [0.3, 0.4) is 0 Å². The number of hydrogen-bond acceptors (Lipinski definition) is 6. The lowest BCUT2D eigenvalue weighted by atomic mass is 10.1. The average molecular weight is 292 g/mol. The number of nitrogens with two attached hydrogens (primary N) is 1. The molecule has 0 radical (unpaired) electrons. The molecule has 2 aliphatic heterocycles. The number of nitrogen functional groups attached to an aromatic ring is 1. The summed E-state index contributed by atoms with van der Waals surface area (Å²) in [6.07, 6.45) is 5.65. The van der Waals surface area contributed by atoms with Crippen LogP contribution in [0.1, 0.15) is 24.8 Å². The zero-order valence-corrected chi connectivity index (χ0v) is 12.1. The van der Waals surface area contributed by atoms with Crippen molar-refractivity contribution in [2.75, 3.05) is 11.5 Å². The third kappa shape index (κ3) is 1.73. The molecule has 0 saturated carbocycles. The van der Waals surface area contributed by atoms with Gasteiger partial charge in [-0.1, -0.05) is 0 Å². The van der Waals surface area contributed by atoms with E-state index in [1.807, 2.05) is 42.4 Å². The molecule has 2 fully saturated rings. The summed E-state index contributed by atoms with van der Waals surface area (Å²) >= 11 is 1.84. The summed E-state index contributed by atoms with van der Waals surface area (Å²) in [4.78, 5) is 8.45. The van der Waals surface area contributed by atoms with Gasteiger partial charge in [0.25, 0.3) is 0 Å². The van der Waals surface area contributed by atoms with E-state index in [1.54, 1.807) is 6.20 Å². The maximum absolute atomic E-state index is 6.06. The van der Waals surface area contributed by atoms with E-state index in [-0.39, 0.29) is 17.5 Å². The van der Waals surface area contributed by atoms with Crippen LogP contribution in [0.5, 0.6) is 0 Å². The number of aromatic nitrogens is 3. The topological polar surface area (TPSA) is 74.7 Å². The second kappa shape index (κ2) is 4.09. The van der Waals surface area contributed by atoms with Crippen molar-refractivity contribution in [1.82, 2.24) is 14.4 Å². The van der Waals surface area contributed by atoms with Crippen molar-refractivity contribution in [2.45, 2.75) is 37.1 Å². The Hall–Kier alpha value is -1.31. The Kier molecular flexibility index (Phi) is 2.55. The lowest BCUT2D eigenvalue weighted by Crippen LogP contribution is -2.24. The maximum Gasteiger partial charge on any atom is 0.180 e. The van der Waals surface area contributed by atoms with Gasteiger partial charge in [0.1, 0.15) is 6.10 Å². The van der Waals surface area contributed by atoms with Gasteiger partial charge in [0.2, 0.25) is 0 Å². The van der Waals surface area contributed by atoms with Crippen molar-refractivity contribution in [2.24, 2.45) is 0 Å². The van der Waals surface area contributed by atoms with E-state index in [0.717, 1.165) is 11.4 Å². The van der Waals surface area contributed by atoms with Crippen molar-refractivity contribution >= 4 is 23.2 Å². The number of ether oxygens (including phenoxy) is 2. The van der Waals surface area contributed by atoms with Gasteiger partial charge in [-0.25, -0.2) is 9.97 Å². The number of anilines is 1. The molecule has 7 heteroatoms. The first-order valence-electron chi connectivity index (χ1n) is 6.60. The van der Waals surface area contributed by atoms with Gasteiger partial charge < -0.3 is 15.2 Å². The van der Waals surface area contributed by atoms with E-state index in [1.165, 1.54) is 0 Å². The summed E-state index contributed by atoms with van der Waals surface area (Å²) < 4.78 is 14.0. The second-order valence-electron chi connectivity index (χ2n) is 5.58. The molecule has 0 aromatic carbocycles. The van der Waals surface area contributed by atoms with Gasteiger partial charge in [0, 0.05) is 18.1 Å². The molecule has 2 saturated heterocycles. The Labute approximate surface area is 120 Å². The van der Waals surface area contributed by atoms with Crippen molar-refractivity contribution in [3.8, 4) is 0 Å². The van der Waals surface area contributed by atoms with E-state index >= 15 is 0 Å². The first kappa shape index (κ1) is 12.4. The Morgan fingerprint density at radius 2 is 2.25 bits per heavy atom. The number of rotatable bonds is 1. The molecule has 106 valence electrons. The quantitative estimate of drug-likeness (QED) is 0.861. The molecule has 2 N–H and O–H groups in total. The Morgan fingerprint density at radius 1 is 1.40 bits per heavy atom. The van der Waals surface area contributed by atoms with E-state index in [9.17, 15) is 0 Å². The zero-order chi connectivity index (χ0) is 13.9. The Bertz CT molecular complexity index is 671. The number of hydrogen-bond donors (Lipinski definition) is 1. The smallest absolute Gasteiger partial charge is 0.180 e. The highest BCUT2D eigenvalue weighted by molar-refractivity contribution is 7.99. The van der Waals surface area contributed by atoms with Gasteiger partial charge >= 0.3 is 0 Å². The molecule has 2 aromatic rings. The molecule has 2 aromatic heterocycles. The molecule has 3 atom stereocenters. The number of imidazole rings is 1. The second-order valence-corrected chi connectivity index (χ2v) is 6.76. The highest BCUT2D eigenvalue weighted by Gasteiger charge is 2.50. The SMILES string of the molecule is CC1(C)OC2CS[C@@H](c3cnc4c(N)nccn34)C2O1. The molecular weight excluding hydrogens is 276 g/mol. The minimum absolute atomic E-state index is 0.0595. The Balaban J connectivity index is 1.75. The van der Waals surface area contributed by atoms with Crippen LogP contribution in [0.2, 0.25) is 0 Å². The van der Waals surface area contributed by atoms with Gasteiger partial charge in [-0.3, -0.25) is 4.40 Å². The molecule has 4 heterocycles. The highest BCUT2D eigenvalue weighted by atomic mass is 32.2. The Morgan fingerprint density at radius 3 is 3.10 bits per heavy atom. The fraction of sp³-hybridized carbons (Fsp3) is 0.538. The van der Waals surface area contributed by atoms with Gasteiger partial charge in [-0.15, -0.1) is 11.8 Å². The molecule has 2 aliphatic rings. The fourth-order valence-electron chi connectivity index (χ4n) is 2.96. The number of fused-ring (bicyclic) bond motifs is 2. The van der Waals surface area contributed by atoms with Crippen molar-refractivity contribution in [3.63, 3.8) is 0 Å². The van der Waals surface area contributed by atoms with Gasteiger partial charge in [0.15, 0.2) is 17.3 Å². The van der Waals surface area contributed by atoms with Crippen LogP contribution in [0.25, 0.3) is 5.65 Å². The van der Waals surface area contributed by atoms with Crippen LogP contribution in [-0.2, 0) is 9.47 Å². The zero-order valence-electron chi connectivity index (χ0n) is 11.3. The predicted octanol–water partition coefficient (Wildman–Crippen LogP) is 1.62. The van der Waals surface area contributed by atoms with Crippen LogP contribution in [0.15, 0.2) is 18.6 Å². The molecule has 0 amide bonds. The summed E-state index contributed by atoms with van der Waals surface area (Å²) in [7, 11) is 0. The maximum atomic E-state index is 6.06. The molecule has 0 spiro atoms. The normalized spacial score (nSPS) is 31.8. The lowest BCUT2D eigenvalue weighted by Gasteiger charge is -2.21. The number of nitrogens with zero attached hydrogens (tertiary/aromatic N) is 3. The third-order valence-corrected chi connectivity index (χ3v) is 5.13. The highest BCUT2D eigenvalue weighted by Crippen LogP contribution is 2.49. The van der Waals surface area contributed by atoms with Crippen molar-refractivity contribution in [3.05, 3.63) is 24.3 Å². The summed E-state index contributed by atoms with van der Waals surface area (Å²) in [5, 5.41) is 0.207. The minimum atomic E-state index is -0.504. The van der Waals surface area contributed by atoms with Gasteiger partial charge in [0.05, 0.1) is 23.2 Å². The van der Waals surface area contributed by atoms with Crippen molar-refractivity contribution < 1.29 is 9.47 Å². The molecule has 4 rings (SSSR count). The fourth-order valence-corrected chi connectivity index (χ4v) is 4.38. The summed E-state index contributed by atoms with van der Waals surface area (Å²) in [6, 6.07) is 0. The van der Waals surface area contributed by atoms with Crippen molar-refractivity contribution in [1.29, 1.82) is 0 Å². The van der Waals surface area contributed by atoms with Gasteiger partial charge in [-0.2, -0.15) is 0 Å². The van der Waals surface area contributed by atoms with Crippen LogP contribution >= 0.6 is 11.8 Å². The minimum Gasteiger partial charge on any atom is -0.381 e. The van der Waals surface area contributed by atoms with E-state index in [2.05, 4.69) is 9.97 Å². The third-order valence-electron chi connectivity index (χ3n) is 3.74. The number of thioether (sulfide) groups is 1. The van der Waals surface area contributed by atoms with E-state index < -0.39 is 5.79 Å². The van der Waals surface area contributed by atoms with Crippen LogP contribution in [-0.4, -0.2) is 38.1 Å². The summed E-state index contributed by atoms with van der Waals surface area (Å²) in [5.74, 6) is 0.879. The molecule has 2 unspecified atom stereocenters. The summed E-state index contributed by atoms with van der Waals surface area (Å²) in [6.45, 7) is 3.92. The largest absolute Gasteiger partial charge is 0.381 e. The van der Waals surface area contributed by atoms with Gasteiger partial charge in [-0.05, 0) is 13.8 Å². The molecule has 20 heavy (non-hydrogen) atoms. The standard InChI is InChI=1S/C13H16N4O2S/c1-13(2)18-8-6-20-10(9(8)19-13)7-5-16-12-11(14)15-3-4-17(7)12/h3-5,8-10H,6H2,1-2H3,(H2,14,15)/t8?,9?,10-/m0/s1. The van der Waals surface area contributed by atoms with E-state index in [0.29, 0.717) is 11.5 Å². The molecule has 0 bridgehead atoms. The van der Waals surface area contributed by atoms with Crippen LogP contribution < -0.4 is 5.73 Å². The predicted molar refractivity (Wildman–Crippen MR) is 76.4 cm³/mol. The average Bonchev–Trinajstić information content (AvgIpc) is 3.01. The monoisotopic (exact) mass is 292 g/mol. The van der Waals surface area contributed by atoms with E-state index in [4.69, 9.17) is 15.2 Å². The van der Waals surface area contributed by atoms with Crippen LogP contribution in [0.4, 0.5) is 5.82 Å².